The fraction of sp³-hybridized carbons (Fsp3) is 0.571. The third-order valence-corrected chi connectivity index (χ3v) is 5.94. The van der Waals surface area contributed by atoms with E-state index in [1.54, 1.807) is 12.1 Å². The first-order valence-corrected chi connectivity index (χ1v) is 10.2. The zero-order valence-corrected chi connectivity index (χ0v) is 14.5. The summed E-state index contributed by atoms with van der Waals surface area (Å²) in [6, 6.07) is 6.30. The normalized spacial score (nSPS) is 21.2. The van der Waals surface area contributed by atoms with E-state index in [1.165, 1.54) is 12.1 Å². The molecule has 1 N–H and O–H groups in total. The summed E-state index contributed by atoms with van der Waals surface area (Å²) in [6.45, 7) is 2.13. The van der Waals surface area contributed by atoms with Crippen molar-refractivity contribution in [1.82, 2.24) is 4.72 Å². The molecule has 1 aromatic carbocycles. The summed E-state index contributed by atoms with van der Waals surface area (Å²) in [5.41, 5.74) is 0.975. The van der Waals surface area contributed by atoms with E-state index in [0.717, 1.165) is 5.56 Å². The van der Waals surface area contributed by atoms with E-state index in [-0.39, 0.29) is 24.2 Å². The maximum absolute atomic E-state index is 12.0. The predicted octanol–water partition coefficient (Wildman–Crippen LogP) is 1.49. The number of rotatable bonds is 7. The van der Waals surface area contributed by atoms with Gasteiger partial charge in [-0.25, -0.2) is 0 Å². The van der Waals surface area contributed by atoms with Gasteiger partial charge in [0.15, 0.2) is 0 Å². The van der Waals surface area contributed by atoms with Crippen LogP contribution < -0.4 is 4.72 Å². The van der Waals surface area contributed by atoms with E-state index >= 15 is 0 Å². The quantitative estimate of drug-likeness (QED) is 0.582. The largest absolute Gasteiger partial charge is 0.336 e. The summed E-state index contributed by atoms with van der Waals surface area (Å²) in [7, 11) is -7.35. The van der Waals surface area contributed by atoms with Crippen molar-refractivity contribution < 1.29 is 25.2 Å². The second-order valence-electron chi connectivity index (χ2n) is 5.46. The number of aryl methyl sites for hydroxylation is 1. The SMILES string of the molecule is Cc1ccc(S(=O)(=O)OCCCCC2CCOS(=O)(=O)N2)cc1. The monoisotopic (exact) mass is 363 g/mol. The molecule has 0 aliphatic carbocycles. The standard InChI is InChI=1S/C14H21NO6S2/c1-12-5-7-14(8-6-12)22(16,17)20-10-3-2-4-13-9-11-21-23(18,19)15-13/h5-8,13,15H,2-4,9-11H2,1H3. The maximum Gasteiger partial charge on any atom is 0.336 e. The van der Waals surface area contributed by atoms with Crippen LogP contribution in [-0.4, -0.2) is 36.1 Å². The van der Waals surface area contributed by atoms with Gasteiger partial charge < -0.3 is 0 Å². The molecule has 1 aromatic rings. The molecule has 1 aliphatic heterocycles. The average Bonchev–Trinajstić information content (AvgIpc) is 2.46. The predicted molar refractivity (Wildman–Crippen MR) is 84.6 cm³/mol. The molecule has 0 spiro atoms. The molecule has 0 saturated carbocycles. The Morgan fingerprint density at radius 2 is 1.96 bits per heavy atom. The van der Waals surface area contributed by atoms with Crippen molar-refractivity contribution in [2.24, 2.45) is 0 Å². The Morgan fingerprint density at radius 3 is 2.61 bits per heavy atom. The van der Waals surface area contributed by atoms with Crippen LogP contribution in [0, 0.1) is 6.92 Å². The summed E-state index contributed by atoms with van der Waals surface area (Å²) in [5, 5.41) is 0. The van der Waals surface area contributed by atoms with Gasteiger partial charge in [0.05, 0.1) is 18.1 Å². The lowest BCUT2D eigenvalue weighted by molar-refractivity contribution is 0.246. The van der Waals surface area contributed by atoms with Crippen LogP contribution in [-0.2, 0) is 28.8 Å². The van der Waals surface area contributed by atoms with Crippen molar-refractivity contribution in [3.8, 4) is 0 Å². The molecule has 23 heavy (non-hydrogen) atoms. The molecule has 1 saturated heterocycles. The van der Waals surface area contributed by atoms with Crippen LogP contribution in [0.25, 0.3) is 0 Å². The molecule has 0 radical (unpaired) electrons. The number of nitrogens with one attached hydrogen (secondary N) is 1. The third kappa shape index (κ3) is 5.85. The highest BCUT2D eigenvalue weighted by Gasteiger charge is 2.23. The Kier molecular flexibility index (Phi) is 6.15. The summed E-state index contributed by atoms with van der Waals surface area (Å²) >= 11 is 0. The minimum absolute atomic E-state index is 0.0756. The highest BCUT2D eigenvalue weighted by molar-refractivity contribution is 7.86. The Morgan fingerprint density at radius 1 is 1.26 bits per heavy atom. The van der Waals surface area contributed by atoms with Crippen LogP contribution >= 0.6 is 0 Å². The molecule has 0 aromatic heterocycles. The zero-order chi connectivity index (χ0) is 16.9. The lowest BCUT2D eigenvalue weighted by Crippen LogP contribution is -2.41. The highest BCUT2D eigenvalue weighted by Crippen LogP contribution is 2.15. The molecule has 7 nitrogen and oxygen atoms in total. The summed E-state index contributed by atoms with van der Waals surface area (Å²) in [5.74, 6) is 0. The van der Waals surface area contributed by atoms with Crippen LogP contribution in [0.4, 0.5) is 0 Å². The molecule has 2 rings (SSSR count). The van der Waals surface area contributed by atoms with E-state index < -0.39 is 20.4 Å². The van der Waals surface area contributed by atoms with Gasteiger partial charge in [-0.15, -0.1) is 0 Å². The molecule has 1 heterocycles. The Labute approximate surface area is 137 Å². The zero-order valence-electron chi connectivity index (χ0n) is 12.9. The Hall–Kier alpha value is -1.00. The number of hydrogen-bond donors (Lipinski definition) is 1. The molecular weight excluding hydrogens is 342 g/mol. The van der Waals surface area contributed by atoms with Crippen LogP contribution in [0.3, 0.4) is 0 Å². The van der Waals surface area contributed by atoms with Crippen molar-refractivity contribution in [3.63, 3.8) is 0 Å². The van der Waals surface area contributed by atoms with E-state index in [2.05, 4.69) is 8.91 Å². The molecule has 1 atom stereocenters. The van der Waals surface area contributed by atoms with Crippen molar-refractivity contribution in [2.75, 3.05) is 13.2 Å². The van der Waals surface area contributed by atoms with Crippen LogP contribution in [0.15, 0.2) is 29.2 Å². The van der Waals surface area contributed by atoms with Gasteiger partial charge in [0.25, 0.3) is 10.1 Å². The maximum atomic E-state index is 12.0. The van der Waals surface area contributed by atoms with Gasteiger partial charge in [0.2, 0.25) is 0 Å². The Bertz CT molecular complexity index is 712. The fourth-order valence-electron chi connectivity index (χ4n) is 2.23. The average molecular weight is 363 g/mol. The van der Waals surface area contributed by atoms with E-state index in [1.807, 2.05) is 6.92 Å². The number of hydrogen-bond acceptors (Lipinski definition) is 6. The van der Waals surface area contributed by atoms with Crippen LogP contribution in [0.2, 0.25) is 0 Å². The second kappa shape index (κ2) is 7.71. The van der Waals surface area contributed by atoms with Crippen LogP contribution in [0.1, 0.15) is 31.2 Å². The van der Waals surface area contributed by atoms with Gasteiger partial charge in [-0.2, -0.15) is 21.6 Å². The number of unbranched alkanes of at least 4 members (excludes halogenated alkanes) is 1. The summed E-state index contributed by atoms with van der Waals surface area (Å²) < 4.78 is 58.4. The topological polar surface area (TPSA) is 98.8 Å². The van der Waals surface area contributed by atoms with E-state index in [4.69, 9.17) is 4.18 Å². The molecule has 9 heteroatoms. The molecule has 1 aliphatic rings. The van der Waals surface area contributed by atoms with Gasteiger partial charge in [-0.1, -0.05) is 17.7 Å². The minimum atomic E-state index is -3.73. The van der Waals surface area contributed by atoms with E-state index in [9.17, 15) is 16.8 Å². The third-order valence-electron chi connectivity index (χ3n) is 3.51. The number of benzene rings is 1. The highest BCUT2D eigenvalue weighted by atomic mass is 32.2. The molecule has 1 fully saturated rings. The smallest absolute Gasteiger partial charge is 0.266 e. The lowest BCUT2D eigenvalue weighted by atomic mass is 10.1. The molecule has 130 valence electrons. The molecule has 0 amide bonds. The van der Waals surface area contributed by atoms with Crippen molar-refractivity contribution >= 4 is 20.4 Å². The molecular formula is C14H21NO6S2. The van der Waals surface area contributed by atoms with Crippen molar-refractivity contribution in [1.29, 1.82) is 0 Å². The summed E-state index contributed by atoms with van der Waals surface area (Å²) in [4.78, 5) is 0.139. The Balaban J connectivity index is 1.72. The van der Waals surface area contributed by atoms with Crippen molar-refractivity contribution in [3.05, 3.63) is 29.8 Å². The molecule has 0 bridgehead atoms. The fourth-order valence-corrected chi connectivity index (χ4v) is 4.21. The lowest BCUT2D eigenvalue weighted by Gasteiger charge is -2.22. The van der Waals surface area contributed by atoms with Gasteiger partial charge in [0, 0.05) is 6.04 Å². The van der Waals surface area contributed by atoms with E-state index in [0.29, 0.717) is 25.7 Å². The first-order chi connectivity index (χ1) is 10.8. The van der Waals surface area contributed by atoms with Gasteiger partial charge in [-0.3, -0.25) is 8.37 Å². The summed E-state index contributed by atoms with van der Waals surface area (Å²) in [6.07, 6.45) is 2.43. The minimum Gasteiger partial charge on any atom is -0.266 e. The van der Waals surface area contributed by atoms with Crippen molar-refractivity contribution in [2.45, 2.75) is 43.5 Å². The van der Waals surface area contributed by atoms with Gasteiger partial charge in [0.1, 0.15) is 0 Å². The first kappa shape index (κ1) is 18.3. The second-order valence-corrected chi connectivity index (χ2v) is 8.46. The van der Waals surface area contributed by atoms with Crippen LogP contribution in [0.5, 0.6) is 0 Å². The van der Waals surface area contributed by atoms with Gasteiger partial charge >= 0.3 is 10.3 Å². The molecule has 1 unspecified atom stereocenters. The first-order valence-electron chi connectivity index (χ1n) is 7.41. The van der Waals surface area contributed by atoms with Gasteiger partial charge in [-0.05, 0) is 44.7 Å².